The van der Waals surface area contributed by atoms with Crippen LogP contribution in [0.2, 0.25) is 0 Å². The van der Waals surface area contributed by atoms with Crippen molar-refractivity contribution in [1.82, 2.24) is 9.97 Å². The number of thioether (sulfide) groups is 1. The summed E-state index contributed by atoms with van der Waals surface area (Å²) < 4.78 is 5.65. The molecule has 0 unspecified atom stereocenters. The van der Waals surface area contributed by atoms with Gasteiger partial charge in [-0.2, -0.15) is 0 Å². The van der Waals surface area contributed by atoms with Crippen molar-refractivity contribution in [2.24, 2.45) is 0 Å². The standard InChI is InChI=1S/C12H12N2OS/c1-2-16-12-8-10(5-7-14-12)15-11-4-3-6-13-9-11/h3-9H,2H2,1H3. The second-order valence-corrected chi connectivity index (χ2v) is 4.34. The molecule has 0 saturated carbocycles. The van der Waals surface area contributed by atoms with E-state index in [1.165, 1.54) is 0 Å². The minimum atomic E-state index is 0.737. The average Bonchev–Trinajstić information content (AvgIpc) is 2.31. The second-order valence-electron chi connectivity index (χ2n) is 3.05. The number of ether oxygens (including phenoxy) is 1. The van der Waals surface area contributed by atoms with E-state index in [9.17, 15) is 0 Å². The smallest absolute Gasteiger partial charge is 0.145 e. The van der Waals surface area contributed by atoms with Crippen molar-refractivity contribution in [3.63, 3.8) is 0 Å². The summed E-state index contributed by atoms with van der Waals surface area (Å²) in [6, 6.07) is 7.49. The van der Waals surface area contributed by atoms with E-state index in [1.54, 1.807) is 30.4 Å². The van der Waals surface area contributed by atoms with Crippen LogP contribution < -0.4 is 4.74 Å². The maximum Gasteiger partial charge on any atom is 0.145 e. The van der Waals surface area contributed by atoms with Crippen molar-refractivity contribution < 1.29 is 4.74 Å². The monoisotopic (exact) mass is 232 g/mol. The summed E-state index contributed by atoms with van der Waals surface area (Å²) in [5.41, 5.74) is 0. The van der Waals surface area contributed by atoms with Crippen LogP contribution in [0.15, 0.2) is 47.9 Å². The van der Waals surface area contributed by atoms with Gasteiger partial charge in [-0.25, -0.2) is 4.98 Å². The molecule has 0 fully saturated rings. The third-order valence-corrected chi connectivity index (χ3v) is 2.68. The molecule has 82 valence electrons. The molecule has 0 atom stereocenters. The van der Waals surface area contributed by atoms with Crippen LogP contribution in [0.1, 0.15) is 6.92 Å². The summed E-state index contributed by atoms with van der Waals surface area (Å²) in [7, 11) is 0. The maximum absolute atomic E-state index is 5.65. The summed E-state index contributed by atoms with van der Waals surface area (Å²) in [6.45, 7) is 2.10. The second kappa shape index (κ2) is 5.51. The third kappa shape index (κ3) is 2.97. The minimum Gasteiger partial charge on any atom is -0.456 e. The molecule has 0 aliphatic carbocycles. The largest absolute Gasteiger partial charge is 0.456 e. The van der Waals surface area contributed by atoms with E-state index in [0.717, 1.165) is 22.3 Å². The lowest BCUT2D eigenvalue weighted by Gasteiger charge is -2.05. The fourth-order valence-corrected chi connectivity index (χ4v) is 1.86. The highest BCUT2D eigenvalue weighted by Gasteiger charge is 1.99. The average molecular weight is 232 g/mol. The summed E-state index contributed by atoms with van der Waals surface area (Å²) >= 11 is 1.69. The van der Waals surface area contributed by atoms with Gasteiger partial charge in [0.05, 0.1) is 11.2 Å². The number of hydrogen-bond acceptors (Lipinski definition) is 4. The Morgan fingerprint density at radius 3 is 2.94 bits per heavy atom. The van der Waals surface area contributed by atoms with Gasteiger partial charge in [0.2, 0.25) is 0 Å². The molecule has 0 saturated heterocycles. The highest BCUT2D eigenvalue weighted by Crippen LogP contribution is 2.24. The molecule has 0 bridgehead atoms. The molecule has 0 aromatic carbocycles. The number of nitrogens with zero attached hydrogens (tertiary/aromatic N) is 2. The Morgan fingerprint density at radius 1 is 1.25 bits per heavy atom. The Balaban J connectivity index is 2.12. The molecule has 0 radical (unpaired) electrons. The molecule has 0 aliphatic rings. The maximum atomic E-state index is 5.65. The molecule has 0 spiro atoms. The highest BCUT2D eigenvalue weighted by atomic mass is 32.2. The Hall–Kier alpha value is -1.55. The molecular weight excluding hydrogens is 220 g/mol. The van der Waals surface area contributed by atoms with Crippen LogP contribution in [0.5, 0.6) is 11.5 Å². The number of rotatable bonds is 4. The molecule has 0 amide bonds. The van der Waals surface area contributed by atoms with E-state index >= 15 is 0 Å². The molecule has 4 heteroatoms. The predicted octanol–water partition coefficient (Wildman–Crippen LogP) is 3.38. The minimum absolute atomic E-state index is 0.737. The number of pyridine rings is 2. The SMILES string of the molecule is CCSc1cc(Oc2cccnc2)ccn1. The Bertz CT molecular complexity index is 448. The topological polar surface area (TPSA) is 35.0 Å². The first-order valence-electron chi connectivity index (χ1n) is 5.05. The van der Waals surface area contributed by atoms with Gasteiger partial charge in [-0.05, 0) is 24.0 Å². The van der Waals surface area contributed by atoms with E-state index in [0.29, 0.717) is 0 Å². The fourth-order valence-electron chi connectivity index (χ4n) is 1.23. The summed E-state index contributed by atoms with van der Waals surface area (Å²) in [5, 5.41) is 0.976. The molecule has 2 heterocycles. The normalized spacial score (nSPS) is 10.1. The van der Waals surface area contributed by atoms with Crippen molar-refractivity contribution in [1.29, 1.82) is 0 Å². The van der Waals surface area contributed by atoms with Crippen LogP contribution in [-0.2, 0) is 0 Å². The summed E-state index contributed by atoms with van der Waals surface area (Å²) in [4.78, 5) is 8.23. The Labute approximate surface area is 98.9 Å². The molecule has 2 aromatic rings. The lowest BCUT2D eigenvalue weighted by atomic mass is 10.4. The van der Waals surface area contributed by atoms with E-state index in [-0.39, 0.29) is 0 Å². The van der Waals surface area contributed by atoms with Gasteiger partial charge in [-0.15, -0.1) is 11.8 Å². The summed E-state index contributed by atoms with van der Waals surface area (Å²) in [6.07, 6.45) is 5.16. The van der Waals surface area contributed by atoms with Crippen molar-refractivity contribution in [3.8, 4) is 11.5 Å². The first kappa shape index (κ1) is 11.0. The van der Waals surface area contributed by atoms with E-state index in [2.05, 4.69) is 16.9 Å². The number of aromatic nitrogens is 2. The highest BCUT2D eigenvalue weighted by molar-refractivity contribution is 7.99. The van der Waals surface area contributed by atoms with Gasteiger partial charge in [-0.1, -0.05) is 6.92 Å². The lowest BCUT2D eigenvalue weighted by molar-refractivity contribution is 0.477. The van der Waals surface area contributed by atoms with Crippen molar-refractivity contribution >= 4 is 11.8 Å². The lowest BCUT2D eigenvalue weighted by Crippen LogP contribution is -1.87. The molecule has 3 nitrogen and oxygen atoms in total. The van der Waals surface area contributed by atoms with Crippen LogP contribution in [-0.4, -0.2) is 15.7 Å². The van der Waals surface area contributed by atoms with Gasteiger partial charge in [0.25, 0.3) is 0 Å². The molecular formula is C12H12N2OS. The predicted molar refractivity (Wildman–Crippen MR) is 64.9 cm³/mol. The van der Waals surface area contributed by atoms with Gasteiger partial charge in [0.15, 0.2) is 0 Å². The Kier molecular flexibility index (Phi) is 3.77. The van der Waals surface area contributed by atoms with Crippen LogP contribution in [0.4, 0.5) is 0 Å². The fraction of sp³-hybridized carbons (Fsp3) is 0.167. The van der Waals surface area contributed by atoms with Crippen LogP contribution >= 0.6 is 11.8 Å². The van der Waals surface area contributed by atoms with Crippen molar-refractivity contribution in [2.45, 2.75) is 11.9 Å². The van der Waals surface area contributed by atoms with Crippen LogP contribution in [0.25, 0.3) is 0 Å². The van der Waals surface area contributed by atoms with E-state index < -0.39 is 0 Å². The van der Waals surface area contributed by atoms with E-state index in [4.69, 9.17) is 4.74 Å². The van der Waals surface area contributed by atoms with Crippen LogP contribution in [0.3, 0.4) is 0 Å². The van der Waals surface area contributed by atoms with Crippen molar-refractivity contribution in [3.05, 3.63) is 42.9 Å². The molecule has 0 N–H and O–H groups in total. The molecule has 2 rings (SSSR count). The zero-order valence-electron chi connectivity index (χ0n) is 8.96. The van der Waals surface area contributed by atoms with Gasteiger partial charge in [-0.3, -0.25) is 4.98 Å². The molecule has 2 aromatic heterocycles. The zero-order valence-corrected chi connectivity index (χ0v) is 9.78. The zero-order chi connectivity index (χ0) is 11.2. The van der Waals surface area contributed by atoms with Gasteiger partial charge >= 0.3 is 0 Å². The van der Waals surface area contributed by atoms with Gasteiger partial charge < -0.3 is 4.74 Å². The Morgan fingerprint density at radius 2 is 2.19 bits per heavy atom. The first-order valence-corrected chi connectivity index (χ1v) is 6.04. The first-order chi connectivity index (χ1) is 7.88. The van der Waals surface area contributed by atoms with Crippen LogP contribution in [0, 0.1) is 0 Å². The van der Waals surface area contributed by atoms with E-state index in [1.807, 2.05) is 24.3 Å². The van der Waals surface area contributed by atoms with Gasteiger partial charge in [0.1, 0.15) is 11.5 Å². The number of hydrogen-bond donors (Lipinski definition) is 0. The quantitative estimate of drug-likeness (QED) is 0.757. The summed E-state index contributed by atoms with van der Waals surface area (Å²) in [5.74, 6) is 2.53. The molecule has 0 aliphatic heterocycles. The third-order valence-electron chi connectivity index (χ3n) is 1.87. The van der Waals surface area contributed by atoms with Crippen molar-refractivity contribution in [2.75, 3.05) is 5.75 Å². The van der Waals surface area contributed by atoms with Gasteiger partial charge in [0, 0.05) is 18.5 Å². The molecule has 16 heavy (non-hydrogen) atoms.